The third kappa shape index (κ3) is 1.60. The molecule has 0 bridgehead atoms. The Kier molecular flexibility index (Phi) is 1.95. The van der Waals surface area contributed by atoms with Crippen LogP contribution in [0.5, 0.6) is 0 Å². The van der Waals surface area contributed by atoms with Crippen molar-refractivity contribution in [3.63, 3.8) is 0 Å². The van der Waals surface area contributed by atoms with E-state index in [4.69, 9.17) is 0 Å². The predicted molar refractivity (Wildman–Crippen MR) is 48.4 cm³/mol. The van der Waals surface area contributed by atoms with E-state index in [2.05, 4.69) is 13.8 Å². The molecule has 0 saturated heterocycles. The highest BCUT2D eigenvalue weighted by Gasteiger charge is 2.40. The Bertz CT molecular complexity index is 139. The average Bonchev–Trinajstić information content (AvgIpc) is 2.67. The highest BCUT2D eigenvalue weighted by Crippen LogP contribution is 2.49. The molecule has 2 aliphatic carbocycles. The van der Waals surface area contributed by atoms with Crippen LogP contribution in [0.3, 0.4) is 0 Å². The molecule has 2 aliphatic rings. The molecule has 2 rings (SSSR count). The van der Waals surface area contributed by atoms with Crippen molar-refractivity contribution in [2.45, 2.75) is 46.0 Å². The van der Waals surface area contributed by atoms with Gasteiger partial charge < -0.3 is 0 Å². The summed E-state index contributed by atoms with van der Waals surface area (Å²) in [4.78, 5) is 0. The summed E-state index contributed by atoms with van der Waals surface area (Å²) in [5.41, 5.74) is 0. The van der Waals surface area contributed by atoms with Gasteiger partial charge in [0.1, 0.15) is 0 Å². The molecular weight excluding hydrogens is 132 g/mol. The van der Waals surface area contributed by atoms with Gasteiger partial charge in [-0.3, -0.25) is 0 Å². The van der Waals surface area contributed by atoms with Crippen LogP contribution in [0.2, 0.25) is 0 Å². The fourth-order valence-corrected chi connectivity index (χ4v) is 2.88. The van der Waals surface area contributed by atoms with Crippen LogP contribution in [-0.2, 0) is 0 Å². The molecule has 0 aromatic heterocycles. The largest absolute Gasteiger partial charge is 0.0625 e. The van der Waals surface area contributed by atoms with Gasteiger partial charge in [-0.1, -0.05) is 33.1 Å². The summed E-state index contributed by atoms with van der Waals surface area (Å²) in [5, 5.41) is 0. The van der Waals surface area contributed by atoms with E-state index in [-0.39, 0.29) is 0 Å². The minimum absolute atomic E-state index is 1.03. The molecule has 2 saturated carbocycles. The van der Waals surface area contributed by atoms with Gasteiger partial charge in [-0.15, -0.1) is 0 Å². The van der Waals surface area contributed by atoms with Crippen LogP contribution in [0.1, 0.15) is 46.0 Å². The van der Waals surface area contributed by atoms with E-state index >= 15 is 0 Å². The lowest BCUT2D eigenvalue weighted by Gasteiger charge is -2.26. The zero-order chi connectivity index (χ0) is 7.84. The highest BCUT2D eigenvalue weighted by molar-refractivity contribution is 4.90. The molecular formula is C11H20. The lowest BCUT2D eigenvalue weighted by Crippen LogP contribution is -2.15. The summed E-state index contributed by atoms with van der Waals surface area (Å²) in [5.74, 6) is 4.36. The Labute approximate surface area is 70.4 Å². The molecule has 0 N–H and O–H groups in total. The van der Waals surface area contributed by atoms with E-state index in [1.54, 1.807) is 6.42 Å². The SMILES string of the molecule is CC1CCCC(C2CC2C)C1. The molecule has 11 heavy (non-hydrogen) atoms. The van der Waals surface area contributed by atoms with Crippen LogP contribution in [0.25, 0.3) is 0 Å². The Balaban J connectivity index is 1.84. The maximum atomic E-state index is 2.43. The van der Waals surface area contributed by atoms with Gasteiger partial charge in [0, 0.05) is 0 Å². The summed E-state index contributed by atoms with van der Waals surface area (Å²) in [7, 11) is 0. The minimum atomic E-state index is 1.03. The summed E-state index contributed by atoms with van der Waals surface area (Å²) < 4.78 is 0. The second-order valence-electron chi connectivity index (χ2n) is 4.91. The van der Waals surface area contributed by atoms with E-state index in [0.29, 0.717) is 0 Å². The first-order chi connectivity index (χ1) is 5.27. The number of hydrogen-bond donors (Lipinski definition) is 0. The van der Waals surface area contributed by atoms with Crippen LogP contribution < -0.4 is 0 Å². The van der Waals surface area contributed by atoms with Gasteiger partial charge in [-0.05, 0) is 36.5 Å². The molecule has 0 nitrogen and oxygen atoms in total. The molecule has 64 valence electrons. The monoisotopic (exact) mass is 152 g/mol. The fraction of sp³-hybridized carbons (Fsp3) is 1.00. The second-order valence-corrected chi connectivity index (χ2v) is 4.91. The maximum absolute atomic E-state index is 2.43. The number of hydrogen-bond acceptors (Lipinski definition) is 0. The van der Waals surface area contributed by atoms with E-state index in [1.165, 1.54) is 25.7 Å². The maximum Gasteiger partial charge on any atom is -0.0357 e. The Morgan fingerprint density at radius 1 is 1.00 bits per heavy atom. The lowest BCUT2D eigenvalue weighted by atomic mass is 9.79. The molecule has 2 fully saturated rings. The molecule has 4 atom stereocenters. The first kappa shape index (κ1) is 7.64. The summed E-state index contributed by atoms with van der Waals surface area (Å²) in [6.07, 6.45) is 7.62. The van der Waals surface area contributed by atoms with Crippen molar-refractivity contribution in [2.24, 2.45) is 23.7 Å². The van der Waals surface area contributed by atoms with Gasteiger partial charge in [0.15, 0.2) is 0 Å². The highest BCUT2D eigenvalue weighted by atomic mass is 14.5. The third-order valence-corrected chi connectivity index (χ3v) is 3.75. The summed E-state index contributed by atoms with van der Waals surface area (Å²) >= 11 is 0. The lowest BCUT2D eigenvalue weighted by molar-refractivity contribution is 0.250. The summed E-state index contributed by atoms with van der Waals surface area (Å²) in [6.45, 7) is 4.85. The van der Waals surface area contributed by atoms with Gasteiger partial charge in [0.25, 0.3) is 0 Å². The fourth-order valence-electron chi connectivity index (χ4n) is 2.88. The first-order valence-corrected chi connectivity index (χ1v) is 5.27. The quantitative estimate of drug-likeness (QED) is 0.539. The topological polar surface area (TPSA) is 0 Å². The third-order valence-electron chi connectivity index (χ3n) is 3.75. The second kappa shape index (κ2) is 2.80. The van der Waals surface area contributed by atoms with Crippen molar-refractivity contribution >= 4 is 0 Å². The van der Waals surface area contributed by atoms with Crippen molar-refractivity contribution in [2.75, 3.05) is 0 Å². The Hall–Kier alpha value is 0. The van der Waals surface area contributed by atoms with Crippen molar-refractivity contribution < 1.29 is 0 Å². The molecule has 0 heterocycles. The van der Waals surface area contributed by atoms with E-state index < -0.39 is 0 Å². The first-order valence-electron chi connectivity index (χ1n) is 5.27. The van der Waals surface area contributed by atoms with Crippen LogP contribution in [0, 0.1) is 23.7 Å². The van der Waals surface area contributed by atoms with Crippen LogP contribution in [-0.4, -0.2) is 0 Å². The molecule has 0 aliphatic heterocycles. The minimum Gasteiger partial charge on any atom is -0.0625 e. The van der Waals surface area contributed by atoms with E-state index in [1.807, 2.05) is 0 Å². The molecule has 0 heteroatoms. The standard InChI is InChI=1S/C11H20/c1-8-4-3-5-10(6-8)11-7-9(11)2/h8-11H,3-7H2,1-2H3. The zero-order valence-electron chi connectivity index (χ0n) is 7.84. The number of rotatable bonds is 1. The average molecular weight is 152 g/mol. The molecule has 0 spiro atoms. The van der Waals surface area contributed by atoms with Gasteiger partial charge in [0.2, 0.25) is 0 Å². The van der Waals surface area contributed by atoms with Crippen LogP contribution >= 0.6 is 0 Å². The van der Waals surface area contributed by atoms with Gasteiger partial charge in [-0.2, -0.15) is 0 Å². The Morgan fingerprint density at radius 3 is 2.27 bits per heavy atom. The van der Waals surface area contributed by atoms with Crippen molar-refractivity contribution in [1.82, 2.24) is 0 Å². The molecule has 0 aromatic rings. The molecule has 4 unspecified atom stereocenters. The molecule has 0 amide bonds. The summed E-state index contributed by atoms with van der Waals surface area (Å²) in [6, 6.07) is 0. The van der Waals surface area contributed by atoms with Crippen molar-refractivity contribution in [3.8, 4) is 0 Å². The van der Waals surface area contributed by atoms with Crippen molar-refractivity contribution in [1.29, 1.82) is 0 Å². The normalized spacial score (nSPS) is 50.7. The van der Waals surface area contributed by atoms with E-state index in [0.717, 1.165) is 23.7 Å². The van der Waals surface area contributed by atoms with Gasteiger partial charge in [0.05, 0.1) is 0 Å². The molecule has 0 aromatic carbocycles. The van der Waals surface area contributed by atoms with E-state index in [9.17, 15) is 0 Å². The predicted octanol–water partition coefficient (Wildman–Crippen LogP) is 3.47. The Morgan fingerprint density at radius 2 is 1.73 bits per heavy atom. The van der Waals surface area contributed by atoms with Gasteiger partial charge >= 0.3 is 0 Å². The zero-order valence-corrected chi connectivity index (χ0v) is 7.84. The van der Waals surface area contributed by atoms with Gasteiger partial charge in [-0.25, -0.2) is 0 Å². The van der Waals surface area contributed by atoms with Crippen LogP contribution in [0.4, 0.5) is 0 Å². The smallest absolute Gasteiger partial charge is 0.0357 e. The van der Waals surface area contributed by atoms with Crippen LogP contribution in [0.15, 0.2) is 0 Å². The molecule has 0 radical (unpaired) electrons. The van der Waals surface area contributed by atoms with Crippen molar-refractivity contribution in [3.05, 3.63) is 0 Å².